The van der Waals surface area contributed by atoms with Crippen LogP contribution in [0.15, 0.2) is 79.6 Å². The molecule has 6 saturated carbocycles. The number of hydrogen-bond acceptors (Lipinski definition) is 24. The number of hydrogen-bond donors (Lipinski definition) is 4. The highest BCUT2D eigenvalue weighted by molar-refractivity contribution is 6.13. The van der Waals surface area contributed by atoms with Crippen LogP contribution in [-0.2, 0) is 85.8 Å². The van der Waals surface area contributed by atoms with Crippen LogP contribution in [0.3, 0.4) is 0 Å². The van der Waals surface area contributed by atoms with Crippen molar-refractivity contribution in [1.29, 1.82) is 0 Å². The van der Waals surface area contributed by atoms with Gasteiger partial charge in [-0.05, 0) is 55.2 Å². The second-order valence-electron chi connectivity index (χ2n) is 31.2. The van der Waals surface area contributed by atoms with Crippen LogP contribution in [0.25, 0.3) is 0 Å². The van der Waals surface area contributed by atoms with Crippen molar-refractivity contribution in [2.24, 2.45) is 79.8 Å². The molecular weight excluding hydrogens is 1220 g/mol. The molecule has 4 bridgehead atoms. The number of Topliss-reactive ketones (excluding diaryl/α,β-unsaturated/α-hetero) is 1. The van der Waals surface area contributed by atoms with Crippen LogP contribution < -0.4 is 0 Å². The van der Waals surface area contributed by atoms with Gasteiger partial charge in [0, 0.05) is 85.0 Å². The molecule has 8 aliphatic carbocycles. The van der Waals surface area contributed by atoms with E-state index in [0.717, 1.165) is 14.2 Å². The lowest BCUT2D eigenvalue weighted by molar-refractivity contribution is -0.302. The van der Waals surface area contributed by atoms with Gasteiger partial charge in [-0.3, -0.25) is 24.0 Å². The van der Waals surface area contributed by atoms with E-state index in [1.54, 1.807) is 54.5 Å². The van der Waals surface area contributed by atoms with Crippen molar-refractivity contribution in [3.8, 4) is 0 Å². The predicted molar refractivity (Wildman–Crippen MR) is 318 cm³/mol. The average Bonchev–Trinajstić information content (AvgIpc) is 1.36. The maximum atomic E-state index is 17.6. The summed E-state index contributed by atoms with van der Waals surface area (Å²) in [4.78, 5) is 139. The third kappa shape index (κ3) is 7.20. The molecule has 2 aromatic heterocycles. The second-order valence-corrected chi connectivity index (χ2v) is 31.2. The number of ketones is 1. The van der Waals surface area contributed by atoms with Gasteiger partial charge >= 0.3 is 47.8 Å². The fourth-order valence-corrected chi connectivity index (χ4v) is 21.6. The summed E-state index contributed by atoms with van der Waals surface area (Å²) in [5.41, 5.74) is -26.0. The highest BCUT2D eigenvalue weighted by Gasteiger charge is 2.96. The van der Waals surface area contributed by atoms with Crippen molar-refractivity contribution >= 4 is 53.5 Å². The molecule has 3 aliphatic heterocycles. The summed E-state index contributed by atoms with van der Waals surface area (Å²) >= 11 is 0. The van der Waals surface area contributed by atoms with Gasteiger partial charge in [-0.1, -0.05) is 96.9 Å². The van der Waals surface area contributed by atoms with Gasteiger partial charge in [0.25, 0.3) is 5.60 Å². The highest BCUT2D eigenvalue weighted by Crippen LogP contribution is 2.86. The molecule has 0 amide bonds. The third-order valence-corrected chi connectivity index (χ3v) is 25.2. The number of aliphatic hydroxyl groups is 4. The lowest BCUT2D eigenvalue weighted by atomic mass is 9.39. The first-order valence-electron chi connectivity index (χ1n) is 32.6. The molecule has 2 aromatic rings. The number of methoxy groups -OCH3 is 2. The van der Waals surface area contributed by atoms with Gasteiger partial charge in [-0.2, -0.15) is 0 Å². The number of rotatable bonds is 14. The van der Waals surface area contributed by atoms with Crippen LogP contribution in [0.4, 0.5) is 0 Å². The first-order valence-corrected chi connectivity index (χ1v) is 32.6. The van der Waals surface area contributed by atoms with Crippen molar-refractivity contribution < 1.29 is 115 Å². The van der Waals surface area contributed by atoms with E-state index in [2.05, 4.69) is 0 Å². The number of esters is 8. The number of allylic oxidation sites excluding steroid dienone is 1. The molecule has 0 radical (unpaired) electrons. The SMILES string of the molecule is COC(=O)[C@H](O)[C@H]1[C@@]2(C)C[C@@]3(OC(=O)C(C)C)[C@]1(C)[C@H]1CC[C@]4(C)C(=C1C(=O)[C@@]3(O)[C@H]2OC(=O)C(C)C)[C@@]1(OC2=C3C5=C1C(=O)O[C@@H](c1ccoc1)[C@]5(C)CC[C@@H]3[C@]1(C)[C@@H]([C@@H](O)C(=O)OC)[C@@]3(C)C[C@]1(OC(=O)C(C)C)[C@]2(O)[C@H]3OC(=O)C(C)C)C(=O)O[C@H]4c1ccoc1. The average molecular weight is 1310 g/mol. The van der Waals surface area contributed by atoms with Crippen LogP contribution in [0.5, 0.6) is 0 Å². The number of cyclic esters (lactones) is 2. The topological polar surface area (TPSA) is 344 Å². The van der Waals surface area contributed by atoms with E-state index in [1.807, 2.05) is 0 Å². The summed E-state index contributed by atoms with van der Waals surface area (Å²) in [5.74, 6) is -19.6. The van der Waals surface area contributed by atoms with Gasteiger partial charge in [0.05, 0.1) is 62.9 Å². The first kappa shape index (κ1) is 65.5. The lowest BCUT2D eigenvalue weighted by Crippen LogP contribution is -2.81. The van der Waals surface area contributed by atoms with Crippen molar-refractivity contribution in [2.75, 3.05) is 14.2 Å². The zero-order valence-corrected chi connectivity index (χ0v) is 55.7. The van der Waals surface area contributed by atoms with Crippen molar-refractivity contribution in [3.63, 3.8) is 0 Å². The summed E-state index contributed by atoms with van der Waals surface area (Å²) < 4.78 is 70.0. The Balaban J connectivity index is 1.21. The van der Waals surface area contributed by atoms with Crippen LogP contribution in [-0.4, -0.2) is 141 Å². The van der Waals surface area contributed by atoms with Gasteiger partial charge in [-0.15, -0.1) is 0 Å². The maximum absolute atomic E-state index is 17.6. The number of carbonyl (C=O) groups excluding carboxylic acids is 9. The largest absolute Gasteiger partial charge is 0.472 e. The molecule has 24 heteroatoms. The van der Waals surface area contributed by atoms with Crippen molar-refractivity contribution in [3.05, 3.63) is 81.9 Å². The molecule has 0 unspecified atom stereocenters. The lowest BCUT2D eigenvalue weighted by Gasteiger charge is -2.70. The fourth-order valence-electron chi connectivity index (χ4n) is 21.6. The number of furan rings is 2. The Labute approximate surface area is 542 Å². The van der Waals surface area contributed by atoms with Crippen LogP contribution in [0.2, 0.25) is 0 Å². The summed E-state index contributed by atoms with van der Waals surface area (Å²) in [5, 5.41) is 55.5. The second kappa shape index (κ2) is 20.2. The Morgan fingerprint density at radius 2 is 0.979 bits per heavy atom. The molecule has 7 fully saturated rings. The van der Waals surface area contributed by atoms with Crippen LogP contribution in [0, 0.1) is 79.8 Å². The van der Waals surface area contributed by atoms with Crippen LogP contribution in [0.1, 0.15) is 159 Å². The molecule has 5 heterocycles. The van der Waals surface area contributed by atoms with Gasteiger partial charge in [0.1, 0.15) is 35.7 Å². The molecule has 11 aliphatic rings. The number of carbonyl (C=O) groups is 9. The molecule has 21 atom stereocenters. The number of fused-ring (bicyclic) bond motifs is 9. The van der Waals surface area contributed by atoms with Gasteiger partial charge in [0.15, 0.2) is 34.8 Å². The molecule has 1 spiro atoms. The minimum absolute atomic E-state index is 0.0103. The van der Waals surface area contributed by atoms with Crippen molar-refractivity contribution in [2.45, 2.75) is 200 Å². The Morgan fingerprint density at radius 1 is 0.553 bits per heavy atom. The zero-order chi connectivity index (χ0) is 68.7. The summed E-state index contributed by atoms with van der Waals surface area (Å²) in [6.07, 6.45) is -6.80. The van der Waals surface area contributed by atoms with E-state index in [9.17, 15) is 44.1 Å². The normalized spacial score (nSPS) is 43.0. The third-order valence-electron chi connectivity index (χ3n) is 25.2. The summed E-state index contributed by atoms with van der Waals surface area (Å²) in [6, 6.07) is 3.11. The Kier molecular flexibility index (Phi) is 14.1. The molecule has 24 nitrogen and oxygen atoms in total. The van der Waals surface area contributed by atoms with Gasteiger partial charge in [0.2, 0.25) is 5.60 Å². The molecule has 13 rings (SSSR count). The van der Waals surface area contributed by atoms with E-state index in [4.69, 9.17) is 51.5 Å². The van der Waals surface area contributed by atoms with Gasteiger partial charge < -0.3 is 71.9 Å². The molecule has 508 valence electrons. The fraction of sp³-hybridized carbons (Fsp3) is 0.671. The monoisotopic (exact) mass is 1310 g/mol. The molecular formula is C70H84O24. The molecule has 0 aromatic carbocycles. The minimum Gasteiger partial charge on any atom is -0.472 e. The van der Waals surface area contributed by atoms with Crippen molar-refractivity contribution in [1.82, 2.24) is 0 Å². The quantitative estimate of drug-likeness (QED) is 0.117. The number of ether oxygens (including phenoxy) is 9. The zero-order valence-electron chi connectivity index (χ0n) is 55.7. The number of aliphatic hydroxyl groups excluding tert-OH is 2. The van der Waals surface area contributed by atoms with E-state index in [0.29, 0.717) is 5.56 Å². The minimum atomic E-state index is -3.21. The van der Waals surface area contributed by atoms with Gasteiger partial charge in [-0.25, -0.2) is 19.2 Å². The molecule has 4 N–H and O–H groups in total. The predicted octanol–water partition coefficient (Wildman–Crippen LogP) is 6.45. The van der Waals surface area contributed by atoms with Crippen LogP contribution >= 0.6 is 0 Å². The summed E-state index contributed by atoms with van der Waals surface area (Å²) in [6.45, 7) is 22.0. The van der Waals surface area contributed by atoms with E-state index in [1.165, 1.54) is 79.6 Å². The highest BCUT2D eigenvalue weighted by atomic mass is 16.6. The molecule has 1 saturated heterocycles. The summed E-state index contributed by atoms with van der Waals surface area (Å²) in [7, 11) is 2.13. The Morgan fingerprint density at radius 3 is 1.41 bits per heavy atom. The van der Waals surface area contributed by atoms with E-state index < -0.39 is 228 Å². The first-order chi connectivity index (χ1) is 43.8. The smallest absolute Gasteiger partial charge is 0.360 e. The molecule has 94 heavy (non-hydrogen) atoms. The van der Waals surface area contributed by atoms with E-state index in [-0.39, 0.29) is 48.0 Å². The maximum Gasteiger partial charge on any atom is 0.360 e. The standard InChI is InChI=1S/C70H84O24/c1-29(2)50(74)90-57-62(11)27-66(93-52(76)31(5)6)65(14,44(62)41(71)55(79)84-15)36-18-22-61(10)43(38(36)46(73)69(57,66)82)68(59(81)89-48(61)34-20-24-87-26-34)40-39-37-35(17-21-60(39,9)47(88-54(40)78)33-19-23-86-25-33)64(13)45(42(72)56(80)85-16)63(12)28-67(64,94-53(77)32(7)8)70(83,49(37)92-68)58(63)91-51(75)30(3)4/h19-20,23-26,29-32,35-36,41-42,44-45,47-48,57-58,71-72,82-83H,17-18,21-22,27-28H2,1-16H3/t35-,36-,41+,42+,44-,45-,47-,48-,57-,58-,60+,61+,62+,63+,64+,65+,66+,67+,68+,69+,70+/m0/s1. The Hall–Kier alpha value is -7.15. The Bertz CT molecular complexity index is 3790. The van der Waals surface area contributed by atoms with E-state index >= 15 is 19.5 Å².